The van der Waals surface area contributed by atoms with Gasteiger partial charge in [0.2, 0.25) is 0 Å². The summed E-state index contributed by atoms with van der Waals surface area (Å²) in [6.07, 6.45) is -2.80. The first-order chi connectivity index (χ1) is 15.7. The van der Waals surface area contributed by atoms with Gasteiger partial charge >= 0.3 is 6.18 Å². The first kappa shape index (κ1) is 23.2. The SMILES string of the molecule is Cc1ccc(-c2ccc(-c3ccc(C4CCC(/C(F)=C/C(F)(F)F)CC4)cc3)c(F)c2)cc1. The van der Waals surface area contributed by atoms with Crippen LogP contribution < -0.4 is 0 Å². The fourth-order valence-electron chi connectivity index (χ4n) is 4.59. The Morgan fingerprint density at radius 2 is 1.36 bits per heavy atom. The van der Waals surface area contributed by atoms with E-state index in [2.05, 4.69) is 0 Å². The first-order valence-corrected chi connectivity index (χ1v) is 11.1. The largest absolute Gasteiger partial charge is 0.412 e. The molecule has 0 heterocycles. The lowest BCUT2D eigenvalue weighted by atomic mass is 9.78. The maximum absolute atomic E-state index is 14.9. The highest BCUT2D eigenvalue weighted by molar-refractivity contribution is 5.71. The van der Waals surface area contributed by atoms with Gasteiger partial charge in [-0.15, -0.1) is 0 Å². The van der Waals surface area contributed by atoms with Crippen LogP contribution in [0.5, 0.6) is 0 Å². The molecule has 3 aromatic carbocycles. The minimum absolute atomic E-state index is 0.169. The van der Waals surface area contributed by atoms with Crippen molar-refractivity contribution in [1.82, 2.24) is 0 Å². The highest BCUT2D eigenvalue weighted by atomic mass is 19.4. The van der Waals surface area contributed by atoms with Crippen molar-refractivity contribution in [2.45, 2.75) is 44.7 Å². The molecule has 0 aromatic heterocycles. The van der Waals surface area contributed by atoms with Crippen LogP contribution in [0.1, 0.15) is 42.7 Å². The van der Waals surface area contributed by atoms with Crippen molar-refractivity contribution in [1.29, 1.82) is 0 Å². The van der Waals surface area contributed by atoms with Crippen molar-refractivity contribution in [3.8, 4) is 22.3 Å². The predicted octanol–water partition coefficient (Wildman–Crippen LogP) is 9.16. The minimum Gasteiger partial charge on any atom is -0.212 e. The number of hydrogen-bond donors (Lipinski definition) is 0. The standard InChI is InChI=1S/C28H25F5/c1-18-2-4-21(5-3-18)24-14-15-25(26(29)16-24)22-10-6-19(7-11-22)20-8-12-23(13-9-20)27(30)17-28(31,32)33/h2-7,10-11,14-17,20,23H,8-9,12-13H2,1H3/b27-17-. The molecule has 4 rings (SSSR count). The molecule has 1 aliphatic rings. The number of halogens is 5. The Bertz CT molecular complexity index is 1120. The Hall–Kier alpha value is -2.95. The van der Waals surface area contributed by atoms with Crippen LogP contribution in [0.25, 0.3) is 22.3 Å². The highest BCUT2D eigenvalue weighted by Crippen LogP contribution is 2.40. The van der Waals surface area contributed by atoms with Gasteiger partial charge in [0.1, 0.15) is 11.6 Å². The summed E-state index contributed by atoms with van der Waals surface area (Å²) in [7, 11) is 0. The van der Waals surface area contributed by atoms with Gasteiger partial charge in [-0.1, -0.05) is 66.2 Å². The third-order valence-electron chi connectivity index (χ3n) is 6.47. The molecule has 1 saturated carbocycles. The maximum atomic E-state index is 14.9. The van der Waals surface area contributed by atoms with E-state index >= 15 is 0 Å². The van der Waals surface area contributed by atoms with E-state index in [4.69, 9.17) is 0 Å². The molecule has 1 fully saturated rings. The fraction of sp³-hybridized carbons (Fsp3) is 0.286. The van der Waals surface area contributed by atoms with Crippen molar-refractivity contribution in [2.75, 3.05) is 0 Å². The molecular weight excluding hydrogens is 431 g/mol. The quantitative estimate of drug-likeness (QED) is 0.343. The van der Waals surface area contributed by atoms with Gasteiger partial charge in [0.15, 0.2) is 0 Å². The Labute approximate surface area is 190 Å². The maximum Gasteiger partial charge on any atom is 0.412 e. The average molecular weight is 456 g/mol. The topological polar surface area (TPSA) is 0 Å². The van der Waals surface area contributed by atoms with Crippen molar-refractivity contribution in [3.05, 3.63) is 95.6 Å². The summed E-state index contributed by atoms with van der Waals surface area (Å²) in [5, 5.41) is 0. The molecule has 0 nitrogen and oxygen atoms in total. The molecule has 33 heavy (non-hydrogen) atoms. The van der Waals surface area contributed by atoms with Crippen molar-refractivity contribution >= 4 is 0 Å². The van der Waals surface area contributed by atoms with E-state index in [1.54, 1.807) is 6.07 Å². The lowest BCUT2D eigenvalue weighted by Crippen LogP contribution is -2.15. The zero-order valence-corrected chi connectivity index (χ0v) is 18.3. The van der Waals surface area contributed by atoms with Gasteiger partial charge in [-0.2, -0.15) is 13.2 Å². The third-order valence-corrected chi connectivity index (χ3v) is 6.47. The number of allylic oxidation sites excluding steroid dienone is 2. The van der Waals surface area contributed by atoms with Crippen molar-refractivity contribution in [2.24, 2.45) is 5.92 Å². The van der Waals surface area contributed by atoms with E-state index < -0.39 is 17.9 Å². The zero-order valence-electron chi connectivity index (χ0n) is 18.3. The monoisotopic (exact) mass is 456 g/mol. The molecular formula is C28H25F5. The van der Waals surface area contributed by atoms with Gasteiger partial charge in [-0.25, -0.2) is 8.78 Å². The van der Waals surface area contributed by atoms with E-state index in [1.165, 1.54) is 6.07 Å². The van der Waals surface area contributed by atoms with Gasteiger partial charge in [0, 0.05) is 11.5 Å². The predicted molar refractivity (Wildman–Crippen MR) is 122 cm³/mol. The summed E-state index contributed by atoms with van der Waals surface area (Å²) in [6, 6.07) is 20.8. The normalized spacial score (nSPS) is 19.5. The van der Waals surface area contributed by atoms with Crippen LogP contribution in [-0.4, -0.2) is 6.18 Å². The fourth-order valence-corrected chi connectivity index (χ4v) is 4.59. The molecule has 3 aromatic rings. The average Bonchev–Trinajstić information content (AvgIpc) is 2.79. The highest BCUT2D eigenvalue weighted by Gasteiger charge is 2.30. The summed E-state index contributed by atoms with van der Waals surface area (Å²) in [6.45, 7) is 2.01. The zero-order chi connectivity index (χ0) is 23.6. The molecule has 1 aliphatic carbocycles. The Morgan fingerprint density at radius 3 is 1.94 bits per heavy atom. The van der Waals surface area contributed by atoms with Gasteiger partial charge in [0.25, 0.3) is 0 Å². The smallest absolute Gasteiger partial charge is 0.212 e. The molecule has 0 N–H and O–H groups in total. The molecule has 0 bridgehead atoms. The number of alkyl halides is 3. The number of hydrogen-bond acceptors (Lipinski definition) is 0. The molecule has 0 saturated heterocycles. The molecule has 5 heteroatoms. The summed E-state index contributed by atoms with van der Waals surface area (Å²) >= 11 is 0. The lowest BCUT2D eigenvalue weighted by Gasteiger charge is -2.28. The second-order valence-electron chi connectivity index (χ2n) is 8.80. The van der Waals surface area contributed by atoms with Crippen molar-refractivity contribution < 1.29 is 22.0 Å². The molecule has 0 aliphatic heterocycles. The van der Waals surface area contributed by atoms with E-state index in [0.717, 1.165) is 27.8 Å². The van der Waals surface area contributed by atoms with Crippen LogP contribution in [0.15, 0.2) is 78.6 Å². The summed E-state index contributed by atoms with van der Waals surface area (Å²) in [5.41, 5.74) is 5.25. The van der Waals surface area contributed by atoms with E-state index in [0.29, 0.717) is 31.2 Å². The van der Waals surface area contributed by atoms with E-state index in [-0.39, 0.29) is 17.8 Å². The van der Waals surface area contributed by atoms with E-state index in [1.807, 2.05) is 61.5 Å². The van der Waals surface area contributed by atoms with Crippen molar-refractivity contribution in [3.63, 3.8) is 0 Å². The van der Waals surface area contributed by atoms with Crippen LogP contribution in [-0.2, 0) is 0 Å². The van der Waals surface area contributed by atoms with Crippen LogP contribution in [0.4, 0.5) is 22.0 Å². The second-order valence-corrected chi connectivity index (χ2v) is 8.80. The summed E-state index contributed by atoms with van der Waals surface area (Å²) < 4.78 is 65.9. The second kappa shape index (κ2) is 9.50. The molecule has 0 radical (unpaired) electrons. The van der Waals surface area contributed by atoms with Gasteiger partial charge in [-0.05, 0) is 66.8 Å². The summed E-state index contributed by atoms with van der Waals surface area (Å²) in [5.74, 6) is -1.86. The van der Waals surface area contributed by atoms with Crippen LogP contribution >= 0.6 is 0 Å². The number of benzene rings is 3. The van der Waals surface area contributed by atoms with Crippen LogP contribution in [0.3, 0.4) is 0 Å². The first-order valence-electron chi connectivity index (χ1n) is 11.1. The number of aryl methyl sites for hydroxylation is 1. The Balaban J connectivity index is 1.44. The van der Waals surface area contributed by atoms with Gasteiger partial charge in [-0.3, -0.25) is 0 Å². The van der Waals surface area contributed by atoms with E-state index in [9.17, 15) is 22.0 Å². The Kier molecular flexibility index (Phi) is 6.68. The molecule has 172 valence electrons. The Morgan fingerprint density at radius 1 is 0.788 bits per heavy atom. The van der Waals surface area contributed by atoms with Crippen LogP contribution in [0.2, 0.25) is 0 Å². The number of rotatable bonds is 4. The van der Waals surface area contributed by atoms with Crippen LogP contribution in [0, 0.1) is 18.7 Å². The molecule has 0 unspecified atom stereocenters. The molecule has 0 spiro atoms. The minimum atomic E-state index is -4.62. The van der Waals surface area contributed by atoms with Gasteiger partial charge in [0.05, 0.1) is 6.08 Å². The van der Waals surface area contributed by atoms with Gasteiger partial charge < -0.3 is 0 Å². The molecule has 0 atom stereocenters. The lowest BCUT2D eigenvalue weighted by molar-refractivity contribution is -0.0820. The summed E-state index contributed by atoms with van der Waals surface area (Å²) in [4.78, 5) is 0. The molecule has 0 amide bonds. The third kappa shape index (κ3) is 5.70.